The number of aliphatic hydroxyl groups excluding tert-OH is 1. The van der Waals surface area contributed by atoms with Crippen LogP contribution in [0.5, 0.6) is 5.75 Å². The van der Waals surface area contributed by atoms with Gasteiger partial charge in [0.05, 0.1) is 31.3 Å². The molecule has 1 aliphatic heterocycles. The first-order chi connectivity index (χ1) is 21.4. The van der Waals surface area contributed by atoms with Gasteiger partial charge in [-0.3, -0.25) is 4.79 Å². The van der Waals surface area contributed by atoms with Crippen molar-refractivity contribution >= 4 is 11.9 Å². The van der Waals surface area contributed by atoms with E-state index in [2.05, 4.69) is 13.8 Å². The van der Waals surface area contributed by atoms with E-state index in [1.807, 2.05) is 13.0 Å². The van der Waals surface area contributed by atoms with E-state index in [0.29, 0.717) is 49.0 Å². The minimum atomic E-state index is -1.45. The molecule has 2 unspecified atom stereocenters. The number of hydrogen-bond acceptors (Lipinski definition) is 9. The quantitative estimate of drug-likeness (QED) is 0.242. The maximum absolute atomic E-state index is 13.8. The van der Waals surface area contributed by atoms with Gasteiger partial charge in [0, 0.05) is 30.2 Å². The van der Waals surface area contributed by atoms with Crippen LogP contribution in [0.1, 0.15) is 82.0 Å². The Bertz CT molecular complexity index is 1450. The molecule has 0 amide bonds. The van der Waals surface area contributed by atoms with Gasteiger partial charge >= 0.3 is 11.9 Å². The van der Waals surface area contributed by atoms with Crippen molar-refractivity contribution in [3.63, 3.8) is 0 Å². The molecule has 4 aliphatic rings. The Morgan fingerprint density at radius 2 is 1.76 bits per heavy atom. The van der Waals surface area contributed by atoms with Crippen LogP contribution in [0.3, 0.4) is 0 Å². The van der Waals surface area contributed by atoms with Crippen LogP contribution in [0.25, 0.3) is 0 Å². The van der Waals surface area contributed by atoms with Crippen LogP contribution in [0.2, 0.25) is 0 Å². The molecule has 2 bridgehead atoms. The van der Waals surface area contributed by atoms with Gasteiger partial charge < -0.3 is 33.9 Å². The van der Waals surface area contributed by atoms with E-state index in [1.165, 1.54) is 12.5 Å². The fraction of sp³-hybridized carbons (Fsp3) is 0.556. The van der Waals surface area contributed by atoms with E-state index < -0.39 is 59.1 Å². The third-order valence-electron chi connectivity index (χ3n) is 11.2. The van der Waals surface area contributed by atoms with Gasteiger partial charge in [-0.1, -0.05) is 55.3 Å². The molecule has 1 saturated heterocycles. The maximum atomic E-state index is 13.8. The Morgan fingerprint density at radius 3 is 2.38 bits per heavy atom. The van der Waals surface area contributed by atoms with Gasteiger partial charge in [0.25, 0.3) is 0 Å². The maximum Gasteiger partial charge on any atom is 0.338 e. The number of aliphatic hydroxyl groups is 2. The first-order valence-electron chi connectivity index (χ1n) is 15.9. The molecular formula is C36H44O9. The van der Waals surface area contributed by atoms with Crippen molar-refractivity contribution in [3.8, 4) is 5.75 Å². The number of benzene rings is 2. The number of allylic oxidation sites excluding steroid dienone is 1. The second kappa shape index (κ2) is 11.8. The average molecular weight is 621 g/mol. The van der Waals surface area contributed by atoms with Gasteiger partial charge in [0.2, 0.25) is 0 Å². The van der Waals surface area contributed by atoms with E-state index in [0.717, 1.165) is 5.57 Å². The zero-order chi connectivity index (χ0) is 32.1. The monoisotopic (exact) mass is 620 g/mol. The summed E-state index contributed by atoms with van der Waals surface area (Å²) in [5.41, 5.74) is -0.127. The summed E-state index contributed by atoms with van der Waals surface area (Å²) in [6.45, 7) is 7.64. The van der Waals surface area contributed by atoms with Crippen LogP contribution >= 0.6 is 0 Å². The van der Waals surface area contributed by atoms with Crippen LogP contribution in [-0.4, -0.2) is 65.4 Å². The van der Waals surface area contributed by atoms with Crippen molar-refractivity contribution < 1.29 is 43.5 Å². The molecule has 0 radical (unpaired) electrons. The zero-order valence-electron chi connectivity index (χ0n) is 26.7. The smallest absolute Gasteiger partial charge is 0.338 e. The number of carbonyl (C=O) groups excluding carboxylic acids is 2. The van der Waals surface area contributed by atoms with Gasteiger partial charge in [0.15, 0.2) is 11.9 Å². The summed E-state index contributed by atoms with van der Waals surface area (Å²) in [4.78, 5) is 26.6. The standard InChI is InChI=1S/C36H44O9/c1-21-15-18-35(40)22(2)27(21)16-17-34(4)28(43-32(38)25-11-13-26(41-5)14-12-25)19-29-36(20-42-29,45-23(3)37)30(34)31(35)44-33(39)24-9-7-6-8-10-24/h6-14,22,28-32,38,40H,15-20H2,1-5H3/t22-,28+,29-,30?,31+,32?,34-,35+,36+/m1/s1. The topological polar surface area (TPSA) is 121 Å². The lowest BCUT2D eigenvalue weighted by Crippen LogP contribution is -2.78. The van der Waals surface area contributed by atoms with Crippen molar-refractivity contribution in [3.05, 3.63) is 76.9 Å². The molecule has 2 N–H and O–H groups in total. The summed E-state index contributed by atoms with van der Waals surface area (Å²) in [7, 11) is 1.58. The molecule has 2 aromatic rings. The molecule has 2 aromatic carbocycles. The van der Waals surface area contributed by atoms with Crippen LogP contribution in [-0.2, 0) is 23.7 Å². The molecule has 0 aromatic heterocycles. The lowest BCUT2D eigenvalue weighted by atomic mass is 9.48. The predicted molar refractivity (Wildman–Crippen MR) is 164 cm³/mol. The Balaban J connectivity index is 1.48. The van der Waals surface area contributed by atoms with E-state index in [4.69, 9.17) is 23.7 Å². The molecule has 6 rings (SSSR count). The number of hydrogen-bond donors (Lipinski definition) is 2. The van der Waals surface area contributed by atoms with Crippen molar-refractivity contribution in [2.75, 3.05) is 13.7 Å². The molecule has 242 valence electrons. The predicted octanol–water partition coefficient (Wildman–Crippen LogP) is 5.30. The zero-order valence-corrected chi connectivity index (χ0v) is 26.7. The second-order valence-corrected chi connectivity index (χ2v) is 13.5. The summed E-state index contributed by atoms with van der Waals surface area (Å²) in [6, 6.07) is 15.7. The largest absolute Gasteiger partial charge is 0.497 e. The lowest BCUT2D eigenvalue weighted by Gasteiger charge is -2.67. The number of ether oxygens (including phenoxy) is 5. The molecular weight excluding hydrogens is 576 g/mol. The Labute approximate surface area is 264 Å². The van der Waals surface area contributed by atoms with Crippen molar-refractivity contribution in [2.45, 2.75) is 95.6 Å². The lowest BCUT2D eigenvalue weighted by molar-refractivity contribution is -0.359. The highest BCUT2D eigenvalue weighted by Gasteiger charge is 2.73. The fourth-order valence-electron chi connectivity index (χ4n) is 8.58. The molecule has 45 heavy (non-hydrogen) atoms. The average Bonchev–Trinajstić information content (AvgIpc) is 3.02. The third kappa shape index (κ3) is 5.27. The number of methoxy groups -OCH3 is 1. The Kier molecular flexibility index (Phi) is 8.35. The summed E-state index contributed by atoms with van der Waals surface area (Å²) >= 11 is 0. The first-order valence-corrected chi connectivity index (χ1v) is 15.9. The van der Waals surface area contributed by atoms with Crippen molar-refractivity contribution in [2.24, 2.45) is 17.3 Å². The normalized spacial score (nSPS) is 36.3. The Morgan fingerprint density at radius 1 is 1.04 bits per heavy atom. The van der Waals surface area contributed by atoms with Gasteiger partial charge in [0.1, 0.15) is 23.6 Å². The number of rotatable bonds is 7. The van der Waals surface area contributed by atoms with Crippen molar-refractivity contribution in [1.29, 1.82) is 0 Å². The SMILES string of the molecule is COc1ccc(C(O)O[C@H]2C[C@H]3OC[C@@]3(OC(C)=O)C3[C@H](OC(=O)c4ccccc4)[C@]4(O)CCC(C)=C(CC[C@@]32C)[C@H]4C)cc1. The molecule has 3 fully saturated rings. The Hall–Kier alpha value is -3.24. The molecule has 2 saturated carbocycles. The van der Waals surface area contributed by atoms with Crippen LogP contribution in [0.4, 0.5) is 0 Å². The highest BCUT2D eigenvalue weighted by atomic mass is 16.6. The van der Waals surface area contributed by atoms with Gasteiger partial charge in [-0.2, -0.15) is 0 Å². The molecule has 3 aliphatic carbocycles. The molecule has 0 spiro atoms. The van der Waals surface area contributed by atoms with Gasteiger partial charge in [-0.25, -0.2) is 4.79 Å². The van der Waals surface area contributed by atoms with Crippen molar-refractivity contribution in [1.82, 2.24) is 0 Å². The number of esters is 2. The molecule has 9 nitrogen and oxygen atoms in total. The molecule has 9 atom stereocenters. The van der Waals surface area contributed by atoms with Crippen LogP contribution in [0, 0.1) is 17.3 Å². The van der Waals surface area contributed by atoms with E-state index >= 15 is 0 Å². The highest BCUT2D eigenvalue weighted by molar-refractivity contribution is 5.89. The second-order valence-electron chi connectivity index (χ2n) is 13.5. The van der Waals surface area contributed by atoms with E-state index in [1.54, 1.807) is 55.6 Å². The van der Waals surface area contributed by atoms with Gasteiger partial charge in [-0.05, 0) is 56.9 Å². The molecule has 9 heteroatoms. The summed E-state index contributed by atoms with van der Waals surface area (Å²) in [5.74, 6) is -1.38. The number of fused-ring (bicyclic) bond motifs is 5. The minimum Gasteiger partial charge on any atom is -0.497 e. The highest BCUT2D eigenvalue weighted by Crippen LogP contribution is 2.63. The summed E-state index contributed by atoms with van der Waals surface area (Å²) in [6.07, 6.45) is -0.836. The fourth-order valence-corrected chi connectivity index (χ4v) is 8.58. The minimum absolute atomic E-state index is 0.108. The van der Waals surface area contributed by atoms with Crippen LogP contribution < -0.4 is 4.74 Å². The molecule has 1 heterocycles. The third-order valence-corrected chi connectivity index (χ3v) is 11.2. The number of carbonyl (C=O) groups is 2. The first kappa shape index (κ1) is 31.7. The van der Waals surface area contributed by atoms with E-state index in [-0.39, 0.29) is 12.5 Å². The summed E-state index contributed by atoms with van der Waals surface area (Å²) < 4.78 is 30.6. The van der Waals surface area contributed by atoms with Crippen LogP contribution in [0.15, 0.2) is 65.7 Å². The summed E-state index contributed by atoms with van der Waals surface area (Å²) in [5, 5.41) is 24.1. The van der Waals surface area contributed by atoms with Gasteiger partial charge in [-0.15, -0.1) is 0 Å². The van der Waals surface area contributed by atoms with E-state index in [9.17, 15) is 19.8 Å².